The number of carbonyl (C=O) groups is 2. The van der Waals surface area contributed by atoms with Crippen molar-refractivity contribution in [2.45, 2.75) is 13.8 Å². The number of benzene rings is 2. The minimum atomic E-state index is -3.40. The van der Waals surface area contributed by atoms with Gasteiger partial charge in [-0.2, -0.15) is 0 Å². The van der Waals surface area contributed by atoms with Gasteiger partial charge in [-0.05, 0) is 56.3 Å². The van der Waals surface area contributed by atoms with E-state index < -0.39 is 28.4 Å². The summed E-state index contributed by atoms with van der Waals surface area (Å²) in [5.41, 5.74) is 0.957. The van der Waals surface area contributed by atoms with Crippen molar-refractivity contribution in [3.8, 4) is 11.5 Å². The molecule has 0 aromatic heterocycles. The molecule has 0 bridgehead atoms. The van der Waals surface area contributed by atoms with Crippen LogP contribution in [0.5, 0.6) is 11.5 Å². The molecule has 0 fully saturated rings. The van der Waals surface area contributed by atoms with Crippen molar-refractivity contribution < 1.29 is 32.2 Å². The first-order valence-corrected chi connectivity index (χ1v) is 11.2. The Morgan fingerprint density at radius 1 is 0.900 bits per heavy atom. The first-order valence-electron chi connectivity index (χ1n) is 9.31. The monoisotopic (exact) mass is 435 g/mol. The average molecular weight is 435 g/mol. The number of ketones is 1. The standard InChI is InChI=1S/C21H25NO7S/c1-5-27-19-12-9-16(13-20(19)28-6-2)21(24)29-14-18(23)15-7-10-17(11-8-15)22(3)30(4,25)26/h7-13H,5-6,14H2,1-4H3. The normalized spacial score (nSPS) is 10.9. The summed E-state index contributed by atoms with van der Waals surface area (Å²) in [6.07, 6.45) is 1.09. The van der Waals surface area contributed by atoms with Crippen LogP contribution in [0.15, 0.2) is 42.5 Å². The molecule has 0 aliphatic rings. The fourth-order valence-electron chi connectivity index (χ4n) is 2.52. The van der Waals surface area contributed by atoms with E-state index in [1.54, 1.807) is 6.07 Å². The number of carbonyl (C=O) groups excluding carboxylic acids is 2. The second-order valence-electron chi connectivity index (χ2n) is 6.30. The highest BCUT2D eigenvalue weighted by Gasteiger charge is 2.16. The molecule has 0 atom stereocenters. The number of anilines is 1. The lowest BCUT2D eigenvalue weighted by Crippen LogP contribution is -2.24. The van der Waals surface area contributed by atoms with Crippen molar-refractivity contribution >= 4 is 27.5 Å². The summed E-state index contributed by atoms with van der Waals surface area (Å²) < 4.78 is 40.3. The lowest BCUT2D eigenvalue weighted by Gasteiger charge is -2.16. The molecule has 8 nitrogen and oxygen atoms in total. The molecule has 0 amide bonds. The van der Waals surface area contributed by atoms with E-state index in [0.717, 1.165) is 10.6 Å². The molecule has 9 heteroatoms. The molecule has 2 rings (SSSR count). The molecule has 0 N–H and O–H groups in total. The van der Waals surface area contributed by atoms with E-state index >= 15 is 0 Å². The van der Waals surface area contributed by atoms with E-state index in [-0.39, 0.29) is 5.56 Å². The molecule has 2 aromatic rings. The maximum Gasteiger partial charge on any atom is 0.338 e. The van der Waals surface area contributed by atoms with Gasteiger partial charge in [-0.25, -0.2) is 13.2 Å². The van der Waals surface area contributed by atoms with E-state index in [9.17, 15) is 18.0 Å². The Morgan fingerprint density at radius 3 is 2.03 bits per heavy atom. The molecule has 0 saturated heterocycles. The molecule has 0 aliphatic carbocycles. The molecule has 0 saturated carbocycles. The third-order valence-corrected chi connectivity index (χ3v) is 5.37. The van der Waals surface area contributed by atoms with Gasteiger partial charge in [0.05, 0.1) is 30.7 Å². The van der Waals surface area contributed by atoms with E-state index in [0.29, 0.717) is 36.0 Å². The van der Waals surface area contributed by atoms with Crippen molar-refractivity contribution in [1.82, 2.24) is 0 Å². The molecule has 2 aromatic carbocycles. The van der Waals surface area contributed by atoms with Crippen LogP contribution in [-0.4, -0.2) is 53.3 Å². The van der Waals surface area contributed by atoms with Gasteiger partial charge in [0, 0.05) is 12.6 Å². The Hall–Kier alpha value is -3.07. The van der Waals surface area contributed by atoms with Crippen LogP contribution in [0.25, 0.3) is 0 Å². The number of sulfonamides is 1. The number of hydrogen-bond acceptors (Lipinski definition) is 7. The average Bonchev–Trinajstić information content (AvgIpc) is 2.72. The first kappa shape index (κ1) is 23.2. The number of nitrogens with zero attached hydrogens (tertiary/aromatic N) is 1. The highest BCUT2D eigenvalue weighted by molar-refractivity contribution is 7.92. The lowest BCUT2D eigenvalue weighted by molar-refractivity contribution is 0.0474. The molecule has 0 unspecified atom stereocenters. The summed E-state index contributed by atoms with van der Waals surface area (Å²) in [5, 5.41) is 0. The van der Waals surface area contributed by atoms with Crippen molar-refractivity contribution in [1.29, 1.82) is 0 Å². The van der Waals surface area contributed by atoms with Gasteiger partial charge in [0.25, 0.3) is 0 Å². The van der Waals surface area contributed by atoms with Crippen molar-refractivity contribution in [2.75, 3.05) is 37.4 Å². The minimum Gasteiger partial charge on any atom is -0.490 e. The topological polar surface area (TPSA) is 99.2 Å². The predicted octanol–water partition coefficient (Wildman–Crippen LogP) is 2.92. The Labute approximate surface area is 176 Å². The number of Topliss-reactive ketones (excluding diaryl/α,β-unsaturated/α-hetero) is 1. The maximum atomic E-state index is 12.3. The summed E-state index contributed by atoms with van der Waals surface area (Å²) in [4.78, 5) is 24.6. The van der Waals surface area contributed by atoms with Crippen molar-refractivity contribution in [3.05, 3.63) is 53.6 Å². The molecular weight excluding hydrogens is 410 g/mol. The lowest BCUT2D eigenvalue weighted by atomic mass is 10.1. The van der Waals surface area contributed by atoms with Crippen molar-refractivity contribution in [3.63, 3.8) is 0 Å². The number of hydrogen-bond donors (Lipinski definition) is 0. The van der Waals surface area contributed by atoms with Crippen LogP contribution < -0.4 is 13.8 Å². The summed E-state index contributed by atoms with van der Waals surface area (Å²) in [5.74, 6) is -0.134. The molecule has 30 heavy (non-hydrogen) atoms. The zero-order valence-electron chi connectivity index (χ0n) is 17.4. The molecule has 0 aliphatic heterocycles. The van der Waals surface area contributed by atoms with Crippen LogP contribution in [0.3, 0.4) is 0 Å². The van der Waals surface area contributed by atoms with Crippen molar-refractivity contribution in [2.24, 2.45) is 0 Å². The van der Waals surface area contributed by atoms with Crippen LogP contribution >= 0.6 is 0 Å². The Bertz CT molecular complexity index is 1000. The first-order chi connectivity index (χ1) is 14.2. The second-order valence-corrected chi connectivity index (χ2v) is 8.32. The third-order valence-electron chi connectivity index (χ3n) is 4.16. The zero-order valence-corrected chi connectivity index (χ0v) is 18.2. The Balaban J connectivity index is 2.04. The van der Waals surface area contributed by atoms with Crippen LogP contribution in [0.2, 0.25) is 0 Å². The fourth-order valence-corrected chi connectivity index (χ4v) is 3.03. The predicted molar refractivity (Wildman–Crippen MR) is 113 cm³/mol. The SMILES string of the molecule is CCOc1ccc(C(=O)OCC(=O)c2ccc(N(C)S(C)(=O)=O)cc2)cc1OCC. The maximum absolute atomic E-state index is 12.3. The summed E-state index contributed by atoms with van der Waals surface area (Å²) in [7, 11) is -1.98. The van der Waals surface area contributed by atoms with Crippen LogP contribution in [0, 0.1) is 0 Å². The quantitative estimate of drug-likeness (QED) is 0.418. The zero-order chi connectivity index (χ0) is 22.3. The van der Waals surface area contributed by atoms with E-state index in [1.807, 2.05) is 13.8 Å². The van der Waals surface area contributed by atoms with Crippen LogP contribution in [0.4, 0.5) is 5.69 Å². The Morgan fingerprint density at radius 2 is 1.47 bits per heavy atom. The highest BCUT2D eigenvalue weighted by atomic mass is 32.2. The third kappa shape index (κ3) is 5.96. The van der Waals surface area contributed by atoms with Gasteiger partial charge >= 0.3 is 5.97 Å². The van der Waals surface area contributed by atoms with E-state index in [1.165, 1.54) is 43.4 Å². The van der Waals surface area contributed by atoms with E-state index in [4.69, 9.17) is 14.2 Å². The summed E-state index contributed by atoms with van der Waals surface area (Å²) in [6.45, 7) is 4.07. The Kier molecular flexibility index (Phi) is 7.82. The van der Waals surface area contributed by atoms with Gasteiger partial charge in [0.15, 0.2) is 23.9 Å². The number of rotatable bonds is 10. The molecule has 0 heterocycles. The largest absolute Gasteiger partial charge is 0.490 e. The fraction of sp³-hybridized carbons (Fsp3) is 0.333. The van der Waals surface area contributed by atoms with E-state index in [2.05, 4.69) is 0 Å². The van der Waals surface area contributed by atoms with Gasteiger partial charge < -0.3 is 14.2 Å². The van der Waals surface area contributed by atoms with Gasteiger partial charge in [0.1, 0.15) is 0 Å². The van der Waals surface area contributed by atoms with Crippen LogP contribution in [0.1, 0.15) is 34.6 Å². The summed E-state index contributed by atoms with van der Waals surface area (Å²) in [6, 6.07) is 10.7. The van der Waals surface area contributed by atoms with Crippen LogP contribution in [-0.2, 0) is 14.8 Å². The van der Waals surface area contributed by atoms with Gasteiger partial charge in [0.2, 0.25) is 10.0 Å². The summed E-state index contributed by atoms with van der Waals surface area (Å²) >= 11 is 0. The number of ether oxygens (including phenoxy) is 3. The minimum absolute atomic E-state index is 0.236. The highest BCUT2D eigenvalue weighted by Crippen LogP contribution is 2.28. The molecular formula is C21H25NO7S. The van der Waals surface area contributed by atoms with Gasteiger partial charge in [-0.3, -0.25) is 9.10 Å². The van der Waals surface area contributed by atoms with Gasteiger partial charge in [-0.1, -0.05) is 0 Å². The van der Waals surface area contributed by atoms with Gasteiger partial charge in [-0.15, -0.1) is 0 Å². The second kappa shape index (κ2) is 10.1. The molecule has 0 radical (unpaired) electrons. The molecule has 162 valence electrons. The molecule has 0 spiro atoms. The smallest absolute Gasteiger partial charge is 0.338 e. The number of esters is 1.